The standard InChI is InChI=1S/C21H23ClN4O3S/c1-29-21-10-9-17(13-18(21)22)30(27,28)24-14-15-12-20(19-8-4-5-11-23-19)26(25-15)16-6-2-3-7-16/h4-5,8-13,16,24H,2-3,6-7,14H2,1H3. The molecule has 0 saturated heterocycles. The molecule has 1 aliphatic carbocycles. The van der Waals surface area contributed by atoms with Crippen LogP contribution in [-0.2, 0) is 16.6 Å². The van der Waals surface area contributed by atoms with E-state index in [1.807, 2.05) is 28.9 Å². The average molecular weight is 447 g/mol. The van der Waals surface area contributed by atoms with E-state index in [0.29, 0.717) is 17.5 Å². The van der Waals surface area contributed by atoms with Crippen molar-refractivity contribution in [2.45, 2.75) is 43.2 Å². The fraction of sp³-hybridized carbons (Fsp3) is 0.333. The van der Waals surface area contributed by atoms with Gasteiger partial charge in [-0.1, -0.05) is 30.5 Å². The number of pyridine rings is 1. The summed E-state index contributed by atoms with van der Waals surface area (Å²) in [5.74, 6) is 0.422. The number of ether oxygens (including phenoxy) is 1. The highest BCUT2D eigenvalue weighted by Crippen LogP contribution is 2.33. The van der Waals surface area contributed by atoms with Crippen LogP contribution in [0.25, 0.3) is 11.4 Å². The summed E-state index contributed by atoms with van der Waals surface area (Å²) in [6, 6.07) is 12.3. The van der Waals surface area contributed by atoms with Gasteiger partial charge in [0.1, 0.15) is 5.75 Å². The number of halogens is 1. The molecule has 0 spiro atoms. The Bertz CT molecular complexity index is 1130. The molecule has 4 rings (SSSR count). The molecule has 0 unspecified atom stereocenters. The van der Waals surface area contributed by atoms with Crippen molar-refractivity contribution in [2.75, 3.05) is 7.11 Å². The predicted octanol–water partition coefficient (Wildman–Crippen LogP) is 4.20. The molecule has 1 N–H and O–H groups in total. The summed E-state index contributed by atoms with van der Waals surface area (Å²) in [6.45, 7) is 0.0749. The maximum absolute atomic E-state index is 12.7. The number of benzene rings is 1. The van der Waals surface area contributed by atoms with Crippen molar-refractivity contribution in [3.8, 4) is 17.1 Å². The van der Waals surface area contributed by atoms with Crippen molar-refractivity contribution < 1.29 is 13.2 Å². The number of sulfonamides is 1. The Labute approximate surface area is 181 Å². The second kappa shape index (κ2) is 8.75. The SMILES string of the molecule is COc1ccc(S(=O)(=O)NCc2cc(-c3ccccn3)n(C3CCCC3)n2)cc1Cl. The van der Waals surface area contributed by atoms with Crippen LogP contribution in [0.3, 0.4) is 0 Å². The summed E-state index contributed by atoms with van der Waals surface area (Å²) in [5.41, 5.74) is 2.38. The molecular formula is C21H23ClN4O3S. The highest BCUT2D eigenvalue weighted by atomic mass is 35.5. The first-order chi connectivity index (χ1) is 14.5. The van der Waals surface area contributed by atoms with Crippen LogP contribution in [0.2, 0.25) is 5.02 Å². The third-order valence-electron chi connectivity index (χ3n) is 5.26. The lowest BCUT2D eigenvalue weighted by molar-refractivity contribution is 0.414. The minimum absolute atomic E-state index is 0.0749. The largest absolute Gasteiger partial charge is 0.495 e. The number of nitrogens with zero attached hydrogens (tertiary/aromatic N) is 3. The molecule has 1 fully saturated rings. The molecule has 30 heavy (non-hydrogen) atoms. The first-order valence-electron chi connectivity index (χ1n) is 9.81. The number of methoxy groups -OCH3 is 1. The van der Waals surface area contributed by atoms with Crippen LogP contribution < -0.4 is 9.46 Å². The molecule has 2 aromatic heterocycles. The van der Waals surface area contributed by atoms with Crippen LogP contribution in [-0.4, -0.2) is 30.3 Å². The van der Waals surface area contributed by atoms with Crippen LogP contribution in [0.4, 0.5) is 0 Å². The molecule has 158 valence electrons. The van der Waals surface area contributed by atoms with E-state index in [-0.39, 0.29) is 16.5 Å². The number of aromatic nitrogens is 3. The number of nitrogens with one attached hydrogen (secondary N) is 1. The molecule has 0 aliphatic heterocycles. The molecule has 0 amide bonds. The monoisotopic (exact) mass is 446 g/mol. The Morgan fingerprint density at radius 1 is 1.20 bits per heavy atom. The molecule has 0 radical (unpaired) electrons. The second-order valence-electron chi connectivity index (χ2n) is 7.24. The zero-order chi connectivity index (χ0) is 21.1. The van der Waals surface area contributed by atoms with Gasteiger partial charge in [-0.3, -0.25) is 9.67 Å². The molecule has 9 heteroatoms. The third-order valence-corrected chi connectivity index (χ3v) is 6.96. The maximum atomic E-state index is 12.7. The van der Waals surface area contributed by atoms with Gasteiger partial charge in [0.2, 0.25) is 10.0 Å². The highest BCUT2D eigenvalue weighted by Gasteiger charge is 2.23. The van der Waals surface area contributed by atoms with Gasteiger partial charge in [0.05, 0.1) is 46.7 Å². The van der Waals surface area contributed by atoms with Crippen LogP contribution in [0.1, 0.15) is 37.4 Å². The fourth-order valence-electron chi connectivity index (χ4n) is 3.73. The Kier molecular flexibility index (Phi) is 6.08. The van der Waals surface area contributed by atoms with Gasteiger partial charge in [-0.05, 0) is 49.2 Å². The molecule has 1 aliphatic rings. The molecule has 0 atom stereocenters. The van der Waals surface area contributed by atoms with E-state index in [9.17, 15) is 8.42 Å². The Morgan fingerprint density at radius 3 is 2.67 bits per heavy atom. The van der Waals surface area contributed by atoms with Crippen molar-refractivity contribution in [3.05, 3.63) is 59.4 Å². The van der Waals surface area contributed by atoms with Gasteiger partial charge in [-0.15, -0.1) is 0 Å². The maximum Gasteiger partial charge on any atom is 0.240 e. The first kappa shape index (κ1) is 20.8. The lowest BCUT2D eigenvalue weighted by atomic mass is 10.2. The second-order valence-corrected chi connectivity index (χ2v) is 9.41. The average Bonchev–Trinajstić information content (AvgIpc) is 3.43. The van der Waals surface area contributed by atoms with Gasteiger partial charge < -0.3 is 4.74 Å². The van der Waals surface area contributed by atoms with E-state index < -0.39 is 10.0 Å². The zero-order valence-electron chi connectivity index (χ0n) is 16.6. The topological polar surface area (TPSA) is 86.1 Å². The van der Waals surface area contributed by atoms with E-state index in [0.717, 1.165) is 24.2 Å². The number of rotatable bonds is 7. The van der Waals surface area contributed by atoms with Crippen LogP contribution >= 0.6 is 11.6 Å². The van der Waals surface area contributed by atoms with Crippen molar-refractivity contribution >= 4 is 21.6 Å². The minimum atomic E-state index is -3.75. The minimum Gasteiger partial charge on any atom is -0.495 e. The Balaban J connectivity index is 1.58. The van der Waals surface area contributed by atoms with Crippen molar-refractivity contribution in [3.63, 3.8) is 0 Å². The van der Waals surface area contributed by atoms with E-state index in [1.165, 1.54) is 38.2 Å². The molecule has 1 aromatic carbocycles. The van der Waals surface area contributed by atoms with Gasteiger partial charge in [-0.25, -0.2) is 13.1 Å². The normalized spacial score (nSPS) is 14.9. The number of hydrogen-bond donors (Lipinski definition) is 1. The van der Waals surface area contributed by atoms with Crippen molar-refractivity contribution in [1.82, 2.24) is 19.5 Å². The molecule has 0 bridgehead atoms. The zero-order valence-corrected chi connectivity index (χ0v) is 18.2. The van der Waals surface area contributed by atoms with Gasteiger partial charge in [-0.2, -0.15) is 5.10 Å². The lowest BCUT2D eigenvalue weighted by Crippen LogP contribution is -2.23. The molecule has 3 aromatic rings. The fourth-order valence-corrected chi connectivity index (χ4v) is 5.08. The molecular weight excluding hydrogens is 424 g/mol. The quantitative estimate of drug-likeness (QED) is 0.587. The first-order valence-corrected chi connectivity index (χ1v) is 11.7. The number of hydrogen-bond acceptors (Lipinski definition) is 5. The van der Waals surface area contributed by atoms with Gasteiger partial charge in [0, 0.05) is 6.20 Å². The van der Waals surface area contributed by atoms with Crippen LogP contribution in [0.5, 0.6) is 5.75 Å². The summed E-state index contributed by atoms with van der Waals surface area (Å²) < 4.78 is 35.1. The third kappa shape index (κ3) is 4.35. The van der Waals surface area contributed by atoms with E-state index in [2.05, 4.69) is 9.71 Å². The lowest BCUT2D eigenvalue weighted by Gasteiger charge is -2.13. The van der Waals surface area contributed by atoms with E-state index in [4.69, 9.17) is 21.4 Å². The Morgan fingerprint density at radius 2 is 2.00 bits per heavy atom. The predicted molar refractivity (Wildman–Crippen MR) is 115 cm³/mol. The van der Waals surface area contributed by atoms with Crippen molar-refractivity contribution in [1.29, 1.82) is 0 Å². The highest BCUT2D eigenvalue weighted by molar-refractivity contribution is 7.89. The van der Waals surface area contributed by atoms with Gasteiger partial charge >= 0.3 is 0 Å². The van der Waals surface area contributed by atoms with Crippen LogP contribution in [0.15, 0.2) is 53.6 Å². The van der Waals surface area contributed by atoms with Gasteiger partial charge in [0.25, 0.3) is 0 Å². The molecule has 2 heterocycles. The van der Waals surface area contributed by atoms with Gasteiger partial charge in [0.15, 0.2) is 0 Å². The van der Waals surface area contributed by atoms with E-state index in [1.54, 1.807) is 6.20 Å². The summed E-state index contributed by atoms with van der Waals surface area (Å²) in [7, 11) is -2.27. The van der Waals surface area contributed by atoms with Crippen molar-refractivity contribution in [2.24, 2.45) is 0 Å². The van der Waals surface area contributed by atoms with E-state index >= 15 is 0 Å². The Hall–Kier alpha value is -2.42. The summed E-state index contributed by atoms with van der Waals surface area (Å²) >= 11 is 6.08. The molecule has 7 nitrogen and oxygen atoms in total. The summed E-state index contributed by atoms with van der Waals surface area (Å²) in [5, 5.41) is 4.95. The smallest absolute Gasteiger partial charge is 0.240 e. The molecule has 1 saturated carbocycles. The summed E-state index contributed by atoms with van der Waals surface area (Å²) in [6.07, 6.45) is 6.23. The summed E-state index contributed by atoms with van der Waals surface area (Å²) in [4.78, 5) is 4.53. The van der Waals surface area contributed by atoms with Crippen LogP contribution in [0, 0.1) is 0 Å².